The molecule has 0 aliphatic heterocycles. The van der Waals surface area contributed by atoms with Gasteiger partial charge < -0.3 is 0 Å². The Bertz CT molecular complexity index is 132. The van der Waals surface area contributed by atoms with Gasteiger partial charge in [0.1, 0.15) is 0 Å². The zero-order valence-electron chi connectivity index (χ0n) is 4.16. The summed E-state index contributed by atoms with van der Waals surface area (Å²) in [4.78, 5) is 9.18. The Morgan fingerprint density at radius 3 is 2.50 bits per heavy atom. The van der Waals surface area contributed by atoms with E-state index in [9.17, 15) is 10.1 Å². The summed E-state index contributed by atoms with van der Waals surface area (Å²) in [5.41, 5.74) is 0. The molecule has 3 nitrogen and oxygen atoms in total. The average Bonchev–Trinajstić information content (AvgIpc) is 1.67. The van der Waals surface area contributed by atoms with Crippen molar-refractivity contribution in [1.82, 2.24) is 0 Å². The summed E-state index contributed by atoms with van der Waals surface area (Å²) in [6, 6.07) is 0. The molecule has 44 valence electrons. The smallest absolute Gasteiger partial charge is 0.258 e. The summed E-state index contributed by atoms with van der Waals surface area (Å²) < 4.78 is 0. The van der Waals surface area contributed by atoms with E-state index in [0.29, 0.717) is 0 Å². The summed E-state index contributed by atoms with van der Waals surface area (Å²) in [6.45, 7) is 6.42. The Hall–Kier alpha value is -0.770. The largest absolute Gasteiger partial charge is 0.300 e. The summed E-state index contributed by atoms with van der Waals surface area (Å²) in [6.07, 6.45) is 0. The van der Waals surface area contributed by atoms with Gasteiger partial charge in [-0.3, -0.25) is 10.1 Å². The molecule has 0 spiro atoms. The third kappa shape index (κ3) is 2.41. The standard InChI is InChI=1S/C4H5NO2S/c1-3-8-4(2)5(6)7/h3H,1-2H2. The van der Waals surface area contributed by atoms with Crippen molar-refractivity contribution in [2.45, 2.75) is 0 Å². The maximum Gasteiger partial charge on any atom is 0.300 e. The van der Waals surface area contributed by atoms with Crippen molar-refractivity contribution in [2.75, 3.05) is 0 Å². The van der Waals surface area contributed by atoms with Crippen molar-refractivity contribution in [3.05, 3.63) is 33.7 Å². The monoisotopic (exact) mass is 131 g/mol. The van der Waals surface area contributed by atoms with Crippen LogP contribution in [-0.4, -0.2) is 4.92 Å². The van der Waals surface area contributed by atoms with Gasteiger partial charge in [0.2, 0.25) is 0 Å². The van der Waals surface area contributed by atoms with E-state index >= 15 is 0 Å². The second-order valence-electron chi connectivity index (χ2n) is 0.935. The average molecular weight is 131 g/mol. The zero-order chi connectivity index (χ0) is 6.57. The first kappa shape index (κ1) is 7.23. The van der Waals surface area contributed by atoms with Crippen LogP contribution < -0.4 is 0 Å². The summed E-state index contributed by atoms with van der Waals surface area (Å²) >= 11 is 0.910. The van der Waals surface area contributed by atoms with Crippen LogP contribution in [0.5, 0.6) is 0 Å². The maximum atomic E-state index is 9.73. The highest BCUT2D eigenvalue weighted by Gasteiger charge is 2.01. The van der Waals surface area contributed by atoms with Crippen LogP contribution in [-0.2, 0) is 0 Å². The minimum atomic E-state index is -0.549. The number of thioether (sulfide) groups is 1. The lowest BCUT2D eigenvalue weighted by Gasteiger charge is -1.85. The van der Waals surface area contributed by atoms with Crippen molar-refractivity contribution in [3.63, 3.8) is 0 Å². The molecule has 0 radical (unpaired) electrons. The van der Waals surface area contributed by atoms with Crippen LogP contribution >= 0.6 is 11.8 Å². The first-order chi connectivity index (χ1) is 3.68. The predicted molar refractivity (Wildman–Crippen MR) is 33.9 cm³/mol. The molecule has 0 unspecified atom stereocenters. The lowest BCUT2D eigenvalue weighted by atomic mass is 11.1. The summed E-state index contributed by atoms with van der Waals surface area (Å²) in [5, 5.41) is 11.0. The zero-order valence-corrected chi connectivity index (χ0v) is 4.98. The van der Waals surface area contributed by atoms with E-state index in [0.717, 1.165) is 11.8 Å². The second kappa shape index (κ2) is 3.26. The maximum absolute atomic E-state index is 9.73. The van der Waals surface area contributed by atoms with Crippen molar-refractivity contribution >= 4 is 11.8 Å². The Morgan fingerprint density at radius 1 is 1.88 bits per heavy atom. The molecule has 0 atom stereocenters. The number of hydrogen-bond acceptors (Lipinski definition) is 3. The fourth-order valence-electron chi connectivity index (χ4n) is 0.139. The molecule has 0 saturated heterocycles. The molecule has 0 amide bonds. The first-order valence-corrected chi connectivity index (χ1v) is 2.67. The molecule has 8 heavy (non-hydrogen) atoms. The number of rotatable bonds is 3. The lowest BCUT2D eigenvalue weighted by molar-refractivity contribution is -0.409. The lowest BCUT2D eigenvalue weighted by Crippen LogP contribution is -1.89. The fourth-order valence-corrected chi connectivity index (χ4v) is 0.418. The predicted octanol–water partition coefficient (Wildman–Crippen LogP) is 1.61. The van der Waals surface area contributed by atoms with Crippen LogP contribution in [0.15, 0.2) is 23.6 Å². The molecule has 0 saturated carbocycles. The van der Waals surface area contributed by atoms with Crippen LogP contribution in [0.4, 0.5) is 0 Å². The molecule has 0 aromatic rings. The van der Waals surface area contributed by atoms with E-state index in [1.54, 1.807) is 0 Å². The van der Waals surface area contributed by atoms with Gasteiger partial charge in [-0.1, -0.05) is 6.58 Å². The third-order valence-electron chi connectivity index (χ3n) is 0.423. The van der Waals surface area contributed by atoms with E-state index in [2.05, 4.69) is 13.2 Å². The molecule has 0 N–H and O–H groups in total. The highest BCUT2D eigenvalue weighted by Crippen LogP contribution is 2.12. The summed E-state index contributed by atoms with van der Waals surface area (Å²) in [5.74, 6) is 0. The molecule has 0 aliphatic rings. The van der Waals surface area contributed by atoms with Gasteiger partial charge in [0.05, 0.1) is 4.92 Å². The van der Waals surface area contributed by atoms with E-state index < -0.39 is 4.92 Å². The summed E-state index contributed by atoms with van der Waals surface area (Å²) in [7, 11) is 0. The molecular weight excluding hydrogens is 126 g/mol. The van der Waals surface area contributed by atoms with E-state index in [1.807, 2.05) is 0 Å². The highest BCUT2D eigenvalue weighted by atomic mass is 32.2. The van der Waals surface area contributed by atoms with E-state index in [1.165, 1.54) is 5.41 Å². The SMILES string of the molecule is C=CSC(=C)[N+](=O)[O-]. The van der Waals surface area contributed by atoms with Crippen LogP contribution in [0.1, 0.15) is 0 Å². The van der Waals surface area contributed by atoms with Crippen LogP contribution in [0.25, 0.3) is 0 Å². The molecule has 0 heterocycles. The van der Waals surface area contributed by atoms with E-state index in [4.69, 9.17) is 0 Å². The van der Waals surface area contributed by atoms with Gasteiger partial charge in [0.25, 0.3) is 5.03 Å². The quantitative estimate of drug-likeness (QED) is 0.431. The molecule has 0 fully saturated rings. The topological polar surface area (TPSA) is 43.1 Å². The molecule has 4 heteroatoms. The van der Waals surface area contributed by atoms with Crippen molar-refractivity contribution in [1.29, 1.82) is 0 Å². The van der Waals surface area contributed by atoms with Gasteiger partial charge in [-0.05, 0) is 23.7 Å². The third-order valence-corrected chi connectivity index (χ3v) is 1.01. The molecule has 0 aromatic carbocycles. The van der Waals surface area contributed by atoms with Crippen molar-refractivity contribution in [3.8, 4) is 0 Å². The van der Waals surface area contributed by atoms with Gasteiger partial charge in [-0.25, -0.2) is 0 Å². The van der Waals surface area contributed by atoms with Crippen LogP contribution in [0, 0.1) is 10.1 Å². The van der Waals surface area contributed by atoms with Gasteiger partial charge in [0, 0.05) is 0 Å². The van der Waals surface area contributed by atoms with Gasteiger partial charge in [0.15, 0.2) is 0 Å². The van der Waals surface area contributed by atoms with E-state index in [-0.39, 0.29) is 5.03 Å². The Balaban J connectivity index is 3.65. The molecule has 0 bridgehead atoms. The fraction of sp³-hybridized carbons (Fsp3) is 0. The Kier molecular flexibility index (Phi) is 2.95. The van der Waals surface area contributed by atoms with Crippen LogP contribution in [0.3, 0.4) is 0 Å². The second-order valence-corrected chi connectivity index (χ2v) is 1.98. The van der Waals surface area contributed by atoms with Gasteiger partial charge in [-0.15, -0.1) is 0 Å². The Labute approximate surface area is 51.2 Å². The molecule has 0 aliphatic carbocycles. The molecular formula is C4H5NO2S. The van der Waals surface area contributed by atoms with Crippen molar-refractivity contribution < 1.29 is 4.92 Å². The first-order valence-electron chi connectivity index (χ1n) is 1.79. The van der Waals surface area contributed by atoms with Crippen LogP contribution in [0.2, 0.25) is 0 Å². The molecule has 0 rings (SSSR count). The van der Waals surface area contributed by atoms with Crippen molar-refractivity contribution in [2.24, 2.45) is 0 Å². The minimum Gasteiger partial charge on any atom is -0.258 e. The minimum absolute atomic E-state index is 0.0972. The normalized spacial score (nSPS) is 8.00. The number of hydrogen-bond donors (Lipinski definition) is 0. The number of nitro groups is 1. The molecule has 0 aromatic heterocycles. The Morgan fingerprint density at radius 2 is 2.38 bits per heavy atom. The highest BCUT2D eigenvalue weighted by molar-refractivity contribution is 8.05. The number of nitrogens with zero attached hydrogens (tertiary/aromatic N) is 1. The van der Waals surface area contributed by atoms with Gasteiger partial charge in [-0.2, -0.15) is 0 Å². The van der Waals surface area contributed by atoms with Gasteiger partial charge >= 0.3 is 0 Å².